The van der Waals surface area contributed by atoms with Crippen molar-refractivity contribution >= 4 is 17.9 Å². The Kier molecular flexibility index (Phi) is 4.52. The number of benzene rings is 1. The number of amides is 2. The zero-order chi connectivity index (χ0) is 18.3. The normalized spacial score (nSPS) is 16.3. The highest BCUT2D eigenvalue weighted by atomic mass is 16.6. The molecule has 1 heterocycles. The van der Waals surface area contributed by atoms with Gasteiger partial charge in [-0.2, -0.15) is 0 Å². The largest absolute Gasteiger partial charge is 0.465 e. The maximum atomic E-state index is 12.4. The first kappa shape index (κ1) is 18.1. The first-order valence-electron chi connectivity index (χ1n) is 7.99. The van der Waals surface area contributed by atoms with Crippen molar-refractivity contribution in [2.75, 3.05) is 18.5 Å². The van der Waals surface area contributed by atoms with E-state index in [9.17, 15) is 14.7 Å². The second-order valence-electron chi connectivity index (χ2n) is 7.87. The average Bonchev–Trinajstić information content (AvgIpc) is 2.43. The van der Waals surface area contributed by atoms with Gasteiger partial charge in [0.25, 0.3) is 0 Å². The van der Waals surface area contributed by atoms with E-state index in [1.165, 1.54) is 11.9 Å². The van der Waals surface area contributed by atoms with Gasteiger partial charge < -0.3 is 14.7 Å². The number of hydrogen-bond acceptors (Lipinski definition) is 3. The second kappa shape index (κ2) is 6.00. The van der Waals surface area contributed by atoms with E-state index in [0.717, 1.165) is 11.1 Å². The van der Waals surface area contributed by atoms with Gasteiger partial charge in [-0.05, 0) is 38.0 Å². The Morgan fingerprint density at radius 1 is 1.29 bits per heavy atom. The van der Waals surface area contributed by atoms with Crippen molar-refractivity contribution in [3.8, 4) is 0 Å². The molecule has 0 aromatic heterocycles. The van der Waals surface area contributed by atoms with Crippen molar-refractivity contribution in [2.24, 2.45) is 0 Å². The van der Waals surface area contributed by atoms with E-state index in [4.69, 9.17) is 4.74 Å². The van der Waals surface area contributed by atoms with E-state index in [1.807, 2.05) is 46.8 Å². The fourth-order valence-corrected chi connectivity index (χ4v) is 3.16. The molecule has 2 amide bonds. The molecule has 0 radical (unpaired) electrons. The predicted octanol–water partition coefficient (Wildman–Crippen LogP) is 3.83. The number of nitrogens with zero attached hydrogens (tertiary/aromatic N) is 2. The van der Waals surface area contributed by atoms with E-state index in [2.05, 4.69) is 0 Å². The number of rotatable bonds is 1. The van der Waals surface area contributed by atoms with E-state index < -0.39 is 11.7 Å². The SMILES string of the molecule is CN(C(=O)O)c1cccc2c1C(C)(C)CN(C(=O)OC(C)(C)C)C2. The molecule has 0 bridgehead atoms. The number of hydrogen-bond donors (Lipinski definition) is 1. The summed E-state index contributed by atoms with van der Waals surface area (Å²) in [5.41, 5.74) is 1.64. The number of ether oxygens (including phenoxy) is 1. The lowest BCUT2D eigenvalue weighted by molar-refractivity contribution is 0.0174. The predicted molar refractivity (Wildman–Crippen MR) is 92.5 cm³/mol. The number of fused-ring (bicyclic) bond motifs is 1. The molecule has 0 aliphatic carbocycles. The highest BCUT2D eigenvalue weighted by Gasteiger charge is 2.38. The summed E-state index contributed by atoms with van der Waals surface area (Å²) >= 11 is 0. The van der Waals surface area contributed by atoms with Crippen molar-refractivity contribution < 1.29 is 19.4 Å². The molecule has 1 aliphatic rings. The van der Waals surface area contributed by atoms with Gasteiger partial charge in [0.2, 0.25) is 0 Å². The summed E-state index contributed by atoms with van der Waals surface area (Å²) in [5, 5.41) is 9.32. The van der Waals surface area contributed by atoms with E-state index >= 15 is 0 Å². The third-order valence-electron chi connectivity index (χ3n) is 4.05. The van der Waals surface area contributed by atoms with Gasteiger partial charge in [0, 0.05) is 25.6 Å². The summed E-state index contributed by atoms with van der Waals surface area (Å²) in [4.78, 5) is 26.7. The molecule has 0 saturated carbocycles. The topological polar surface area (TPSA) is 70.1 Å². The summed E-state index contributed by atoms with van der Waals surface area (Å²) in [6.07, 6.45) is -1.35. The molecule has 0 unspecified atom stereocenters. The van der Waals surface area contributed by atoms with Crippen LogP contribution >= 0.6 is 0 Å². The van der Waals surface area contributed by atoms with Crippen LogP contribution in [0, 0.1) is 0 Å². The standard InChI is InChI=1S/C18H26N2O4/c1-17(2,3)24-16(23)20-10-12-8-7-9-13(19(6)15(21)22)14(12)18(4,5)11-20/h7-9H,10-11H2,1-6H3,(H,21,22). The molecule has 24 heavy (non-hydrogen) atoms. The van der Waals surface area contributed by atoms with Gasteiger partial charge in [-0.15, -0.1) is 0 Å². The van der Waals surface area contributed by atoms with Gasteiger partial charge in [-0.1, -0.05) is 26.0 Å². The first-order valence-corrected chi connectivity index (χ1v) is 7.99. The molecule has 0 spiro atoms. The Labute approximate surface area is 143 Å². The van der Waals surface area contributed by atoms with E-state index in [-0.39, 0.29) is 11.5 Å². The molecule has 0 fully saturated rings. The molecular weight excluding hydrogens is 308 g/mol. The van der Waals surface area contributed by atoms with Crippen molar-refractivity contribution in [1.29, 1.82) is 0 Å². The van der Waals surface area contributed by atoms with Gasteiger partial charge in [0.05, 0.1) is 5.69 Å². The molecule has 1 N–H and O–H groups in total. The van der Waals surface area contributed by atoms with Crippen LogP contribution in [0.2, 0.25) is 0 Å². The molecule has 6 heteroatoms. The zero-order valence-electron chi connectivity index (χ0n) is 15.2. The Morgan fingerprint density at radius 2 is 1.92 bits per heavy atom. The van der Waals surface area contributed by atoms with Crippen LogP contribution in [-0.2, 0) is 16.7 Å². The number of carboxylic acid groups (broad SMARTS) is 1. The van der Waals surface area contributed by atoms with Crippen LogP contribution in [0.3, 0.4) is 0 Å². The Morgan fingerprint density at radius 3 is 2.46 bits per heavy atom. The summed E-state index contributed by atoms with van der Waals surface area (Å²) < 4.78 is 5.48. The van der Waals surface area contributed by atoms with Crippen LogP contribution in [0.25, 0.3) is 0 Å². The third-order valence-corrected chi connectivity index (χ3v) is 4.05. The van der Waals surface area contributed by atoms with Crippen LogP contribution in [0.15, 0.2) is 18.2 Å². The van der Waals surface area contributed by atoms with E-state index in [0.29, 0.717) is 18.8 Å². The van der Waals surface area contributed by atoms with Gasteiger partial charge in [-0.3, -0.25) is 4.90 Å². The minimum atomic E-state index is -1.01. The number of anilines is 1. The maximum absolute atomic E-state index is 12.4. The molecule has 1 aromatic rings. The summed E-state index contributed by atoms with van der Waals surface area (Å²) in [5.74, 6) is 0. The Hall–Kier alpha value is -2.24. The van der Waals surface area contributed by atoms with Crippen LogP contribution in [-0.4, -0.2) is 41.4 Å². The van der Waals surface area contributed by atoms with Crippen LogP contribution < -0.4 is 4.90 Å². The maximum Gasteiger partial charge on any atom is 0.411 e. The second-order valence-corrected chi connectivity index (χ2v) is 7.87. The lowest BCUT2D eigenvalue weighted by atomic mass is 9.77. The molecule has 1 aliphatic heterocycles. The zero-order valence-corrected chi connectivity index (χ0v) is 15.2. The molecule has 0 saturated heterocycles. The molecule has 2 rings (SSSR count). The van der Waals surface area contributed by atoms with Crippen molar-refractivity contribution in [1.82, 2.24) is 4.90 Å². The molecule has 6 nitrogen and oxygen atoms in total. The quantitative estimate of drug-likeness (QED) is 0.847. The smallest absolute Gasteiger partial charge is 0.411 e. The molecule has 0 atom stereocenters. The van der Waals surface area contributed by atoms with E-state index in [1.54, 1.807) is 11.0 Å². The van der Waals surface area contributed by atoms with Gasteiger partial charge in [0.15, 0.2) is 0 Å². The van der Waals surface area contributed by atoms with Gasteiger partial charge in [-0.25, -0.2) is 9.59 Å². The molecular formula is C18H26N2O4. The van der Waals surface area contributed by atoms with Crippen LogP contribution in [0.5, 0.6) is 0 Å². The lowest BCUT2D eigenvalue weighted by Gasteiger charge is -2.42. The highest BCUT2D eigenvalue weighted by Crippen LogP contribution is 2.40. The Balaban J connectivity index is 2.40. The van der Waals surface area contributed by atoms with Crippen LogP contribution in [0.4, 0.5) is 15.3 Å². The minimum absolute atomic E-state index is 0.349. The summed E-state index contributed by atoms with van der Waals surface area (Å²) in [7, 11) is 1.54. The molecule has 1 aromatic carbocycles. The third kappa shape index (κ3) is 3.63. The monoisotopic (exact) mass is 334 g/mol. The highest BCUT2D eigenvalue weighted by molar-refractivity contribution is 5.87. The first-order chi connectivity index (χ1) is 10.9. The van der Waals surface area contributed by atoms with Gasteiger partial charge in [0.1, 0.15) is 5.60 Å². The fourth-order valence-electron chi connectivity index (χ4n) is 3.16. The lowest BCUT2D eigenvalue weighted by Crippen LogP contribution is -2.47. The minimum Gasteiger partial charge on any atom is -0.465 e. The number of carbonyl (C=O) groups excluding carboxylic acids is 1. The van der Waals surface area contributed by atoms with Crippen molar-refractivity contribution in [2.45, 2.75) is 52.2 Å². The average molecular weight is 334 g/mol. The Bertz CT molecular complexity index is 661. The number of carbonyl (C=O) groups is 2. The van der Waals surface area contributed by atoms with Crippen molar-refractivity contribution in [3.63, 3.8) is 0 Å². The summed E-state index contributed by atoms with van der Waals surface area (Å²) in [6.45, 7) is 10.4. The molecule has 132 valence electrons. The van der Waals surface area contributed by atoms with Crippen molar-refractivity contribution in [3.05, 3.63) is 29.3 Å². The summed E-state index contributed by atoms with van der Waals surface area (Å²) in [6, 6.07) is 5.56. The van der Waals surface area contributed by atoms with Gasteiger partial charge >= 0.3 is 12.2 Å². The fraction of sp³-hybridized carbons (Fsp3) is 0.556. The van der Waals surface area contributed by atoms with Crippen LogP contribution in [0.1, 0.15) is 45.7 Å².